The standard InChI is InChI=1S/C12H22N4O/c1-10(11-4-7-16(2)8-5-11)13-6-3-12-14-9-15-17-12/h9-11,13H,3-8H2,1-2H3. The van der Waals surface area contributed by atoms with Gasteiger partial charge in [0.05, 0.1) is 0 Å². The highest BCUT2D eigenvalue weighted by Gasteiger charge is 2.21. The summed E-state index contributed by atoms with van der Waals surface area (Å²) in [5.74, 6) is 1.52. The van der Waals surface area contributed by atoms with E-state index in [2.05, 4.69) is 34.3 Å². The molecule has 1 fully saturated rings. The average Bonchev–Trinajstić information content (AvgIpc) is 2.83. The van der Waals surface area contributed by atoms with Crippen LogP contribution in [0.15, 0.2) is 10.9 Å². The third-order valence-corrected chi connectivity index (χ3v) is 3.68. The van der Waals surface area contributed by atoms with Crippen molar-refractivity contribution in [1.29, 1.82) is 0 Å². The zero-order chi connectivity index (χ0) is 12.1. The van der Waals surface area contributed by atoms with Gasteiger partial charge in [0.15, 0.2) is 6.33 Å². The summed E-state index contributed by atoms with van der Waals surface area (Å²) in [6.07, 6.45) is 4.86. The Hall–Kier alpha value is -0.940. The molecule has 1 atom stereocenters. The van der Waals surface area contributed by atoms with Gasteiger partial charge in [0, 0.05) is 19.0 Å². The highest BCUT2D eigenvalue weighted by atomic mass is 16.5. The quantitative estimate of drug-likeness (QED) is 0.827. The highest BCUT2D eigenvalue weighted by Crippen LogP contribution is 2.19. The number of hydrogen-bond donors (Lipinski definition) is 1. The van der Waals surface area contributed by atoms with Crippen LogP contribution >= 0.6 is 0 Å². The molecule has 1 aliphatic heterocycles. The van der Waals surface area contributed by atoms with Gasteiger partial charge in [-0.2, -0.15) is 4.98 Å². The maximum atomic E-state index is 4.97. The summed E-state index contributed by atoms with van der Waals surface area (Å²) in [5, 5.41) is 7.16. The van der Waals surface area contributed by atoms with Gasteiger partial charge in [-0.15, -0.1) is 0 Å². The minimum atomic E-state index is 0.576. The first-order chi connectivity index (χ1) is 8.25. The van der Waals surface area contributed by atoms with Crippen molar-refractivity contribution in [2.75, 3.05) is 26.7 Å². The number of aromatic nitrogens is 2. The van der Waals surface area contributed by atoms with E-state index < -0.39 is 0 Å². The Labute approximate surface area is 103 Å². The Morgan fingerprint density at radius 2 is 2.29 bits per heavy atom. The van der Waals surface area contributed by atoms with Crippen molar-refractivity contribution < 1.29 is 4.52 Å². The molecule has 0 amide bonds. The van der Waals surface area contributed by atoms with E-state index in [-0.39, 0.29) is 0 Å². The van der Waals surface area contributed by atoms with Crippen LogP contribution in [0.1, 0.15) is 25.7 Å². The predicted octanol–water partition coefficient (Wildman–Crippen LogP) is 0.932. The van der Waals surface area contributed by atoms with Gasteiger partial charge in [-0.25, -0.2) is 0 Å². The molecule has 5 nitrogen and oxygen atoms in total. The molecule has 2 rings (SSSR count). The van der Waals surface area contributed by atoms with Crippen LogP contribution in [0.2, 0.25) is 0 Å². The molecule has 1 N–H and O–H groups in total. The molecule has 0 aromatic carbocycles. The van der Waals surface area contributed by atoms with Gasteiger partial charge < -0.3 is 14.7 Å². The number of nitrogens with zero attached hydrogens (tertiary/aromatic N) is 3. The van der Waals surface area contributed by atoms with Crippen molar-refractivity contribution in [2.45, 2.75) is 32.2 Å². The van der Waals surface area contributed by atoms with E-state index in [9.17, 15) is 0 Å². The summed E-state index contributed by atoms with van der Waals surface area (Å²) in [7, 11) is 2.20. The molecule has 5 heteroatoms. The number of rotatable bonds is 5. The third-order valence-electron chi connectivity index (χ3n) is 3.68. The summed E-state index contributed by atoms with van der Waals surface area (Å²) in [6, 6.07) is 0.576. The van der Waals surface area contributed by atoms with Crippen LogP contribution in [0.5, 0.6) is 0 Å². The zero-order valence-electron chi connectivity index (χ0n) is 10.7. The average molecular weight is 238 g/mol. The van der Waals surface area contributed by atoms with Crippen molar-refractivity contribution in [3.63, 3.8) is 0 Å². The molecule has 0 spiro atoms. The van der Waals surface area contributed by atoms with Crippen LogP contribution in [-0.4, -0.2) is 47.8 Å². The first kappa shape index (κ1) is 12.5. The van der Waals surface area contributed by atoms with Crippen molar-refractivity contribution in [1.82, 2.24) is 20.4 Å². The maximum Gasteiger partial charge on any atom is 0.227 e. The van der Waals surface area contributed by atoms with Crippen LogP contribution in [0.3, 0.4) is 0 Å². The van der Waals surface area contributed by atoms with E-state index in [4.69, 9.17) is 4.52 Å². The molecule has 1 aromatic heterocycles. The second kappa shape index (κ2) is 6.12. The molecule has 2 heterocycles. The summed E-state index contributed by atoms with van der Waals surface area (Å²) in [4.78, 5) is 6.42. The van der Waals surface area contributed by atoms with Gasteiger partial charge in [-0.3, -0.25) is 0 Å². The second-order valence-corrected chi connectivity index (χ2v) is 4.97. The molecule has 1 aromatic rings. The molecule has 17 heavy (non-hydrogen) atoms. The summed E-state index contributed by atoms with van der Waals surface area (Å²) >= 11 is 0. The number of hydrogen-bond acceptors (Lipinski definition) is 5. The SMILES string of the molecule is CC(NCCc1ncno1)C1CCN(C)CC1. The normalized spacial score (nSPS) is 20.6. The fourth-order valence-corrected chi connectivity index (χ4v) is 2.41. The van der Waals surface area contributed by atoms with E-state index in [0.29, 0.717) is 11.9 Å². The lowest BCUT2D eigenvalue weighted by Crippen LogP contribution is -2.41. The summed E-state index contributed by atoms with van der Waals surface area (Å²) in [5.41, 5.74) is 0. The van der Waals surface area contributed by atoms with Gasteiger partial charge in [0.2, 0.25) is 5.89 Å². The Bertz CT molecular complexity index is 306. The molecule has 0 aliphatic carbocycles. The molecule has 0 saturated carbocycles. The van der Waals surface area contributed by atoms with Gasteiger partial charge in [-0.1, -0.05) is 5.16 Å². The molecule has 0 bridgehead atoms. The van der Waals surface area contributed by atoms with E-state index in [1.807, 2.05) is 0 Å². The minimum Gasteiger partial charge on any atom is -0.340 e. The smallest absolute Gasteiger partial charge is 0.227 e. The van der Waals surface area contributed by atoms with Crippen LogP contribution in [0.4, 0.5) is 0 Å². The largest absolute Gasteiger partial charge is 0.340 e. The summed E-state index contributed by atoms with van der Waals surface area (Å²) in [6.45, 7) is 5.64. The Kier molecular flexibility index (Phi) is 4.50. The van der Waals surface area contributed by atoms with Crippen molar-refractivity contribution in [3.8, 4) is 0 Å². The summed E-state index contributed by atoms with van der Waals surface area (Å²) < 4.78 is 4.97. The lowest BCUT2D eigenvalue weighted by molar-refractivity contribution is 0.190. The maximum absolute atomic E-state index is 4.97. The first-order valence-corrected chi connectivity index (χ1v) is 6.43. The Morgan fingerprint density at radius 3 is 2.94 bits per heavy atom. The number of likely N-dealkylation sites (tertiary alicyclic amines) is 1. The number of piperidine rings is 1. The molecular weight excluding hydrogens is 216 g/mol. The predicted molar refractivity (Wildman–Crippen MR) is 65.7 cm³/mol. The molecule has 1 aliphatic rings. The van der Waals surface area contributed by atoms with Gasteiger partial charge in [0.1, 0.15) is 0 Å². The highest BCUT2D eigenvalue weighted by molar-refractivity contribution is 4.81. The van der Waals surface area contributed by atoms with Crippen molar-refractivity contribution >= 4 is 0 Å². The van der Waals surface area contributed by atoms with Crippen molar-refractivity contribution in [3.05, 3.63) is 12.2 Å². The lowest BCUT2D eigenvalue weighted by atomic mass is 9.90. The fraction of sp³-hybridized carbons (Fsp3) is 0.833. The minimum absolute atomic E-state index is 0.576. The van der Waals surface area contributed by atoms with Crippen LogP contribution in [-0.2, 0) is 6.42 Å². The van der Waals surface area contributed by atoms with Gasteiger partial charge >= 0.3 is 0 Å². The topological polar surface area (TPSA) is 54.2 Å². The van der Waals surface area contributed by atoms with Crippen LogP contribution < -0.4 is 5.32 Å². The second-order valence-electron chi connectivity index (χ2n) is 4.97. The van der Waals surface area contributed by atoms with Crippen molar-refractivity contribution in [2.24, 2.45) is 5.92 Å². The third kappa shape index (κ3) is 3.78. The molecule has 0 radical (unpaired) electrons. The molecular formula is C12H22N4O. The van der Waals surface area contributed by atoms with Gasteiger partial charge in [0.25, 0.3) is 0 Å². The van der Waals surface area contributed by atoms with Gasteiger partial charge in [-0.05, 0) is 45.8 Å². The lowest BCUT2D eigenvalue weighted by Gasteiger charge is -2.33. The van der Waals surface area contributed by atoms with E-state index in [1.54, 1.807) is 0 Å². The van der Waals surface area contributed by atoms with E-state index in [0.717, 1.165) is 18.9 Å². The van der Waals surface area contributed by atoms with Crippen LogP contribution in [0, 0.1) is 5.92 Å². The van der Waals surface area contributed by atoms with E-state index >= 15 is 0 Å². The monoisotopic (exact) mass is 238 g/mol. The van der Waals surface area contributed by atoms with E-state index in [1.165, 1.54) is 32.3 Å². The molecule has 1 saturated heterocycles. The Balaban J connectivity index is 1.65. The first-order valence-electron chi connectivity index (χ1n) is 6.43. The van der Waals surface area contributed by atoms with Crippen LogP contribution in [0.25, 0.3) is 0 Å². The zero-order valence-corrected chi connectivity index (χ0v) is 10.7. The molecule has 96 valence electrons. The Morgan fingerprint density at radius 1 is 1.53 bits per heavy atom. The number of nitrogens with one attached hydrogen (secondary N) is 1. The fourth-order valence-electron chi connectivity index (χ4n) is 2.41. The molecule has 1 unspecified atom stereocenters.